The van der Waals surface area contributed by atoms with Gasteiger partial charge in [0.2, 0.25) is 5.92 Å². The lowest BCUT2D eigenvalue weighted by Crippen LogP contribution is -2.36. The van der Waals surface area contributed by atoms with Crippen molar-refractivity contribution in [3.05, 3.63) is 5.89 Å². The van der Waals surface area contributed by atoms with E-state index in [0.29, 0.717) is 19.3 Å². The molecule has 1 aromatic heterocycles. The summed E-state index contributed by atoms with van der Waals surface area (Å²) in [6.45, 7) is 1.75. The minimum atomic E-state index is -2.61. The lowest BCUT2D eigenvalue weighted by atomic mass is 9.81. The lowest BCUT2D eigenvalue weighted by Gasteiger charge is -2.33. The summed E-state index contributed by atoms with van der Waals surface area (Å²) in [5, 5.41) is 19.4. The number of nitrogens with one attached hydrogen (secondary N) is 1. The highest BCUT2D eigenvalue weighted by Crippen LogP contribution is 2.38. The molecule has 1 aliphatic rings. The molecule has 0 aromatic carbocycles. The smallest absolute Gasteiger partial charge is 0.396 e. The van der Waals surface area contributed by atoms with Crippen LogP contribution in [0.3, 0.4) is 0 Å². The zero-order valence-corrected chi connectivity index (χ0v) is 12.9. The van der Waals surface area contributed by atoms with Crippen molar-refractivity contribution >= 4 is 12.0 Å². The van der Waals surface area contributed by atoms with Crippen LogP contribution in [-0.2, 0) is 4.74 Å². The van der Waals surface area contributed by atoms with E-state index in [1.54, 1.807) is 6.92 Å². The Balaban J connectivity index is 1.98. The minimum Gasteiger partial charge on any atom is -0.459 e. The number of aliphatic hydroxyl groups excluding tert-OH is 1. The quantitative estimate of drug-likeness (QED) is 0.738. The molecule has 0 radical (unpaired) electrons. The second-order valence-electron chi connectivity index (χ2n) is 5.59. The van der Waals surface area contributed by atoms with Gasteiger partial charge in [-0.1, -0.05) is 10.2 Å². The van der Waals surface area contributed by atoms with Crippen molar-refractivity contribution in [1.82, 2.24) is 10.2 Å². The summed E-state index contributed by atoms with van der Waals surface area (Å²) in [5.74, 6) is -3.63. The number of anilines is 1. The Morgan fingerprint density at radius 2 is 2.17 bits per heavy atom. The van der Waals surface area contributed by atoms with Gasteiger partial charge in [-0.25, -0.2) is 13.6 Å². The first-order valence-electron chi connectivity index (χ1n) is 7.71. The number of hydrogen-bond acceptors (Lipinski definition) is 7. The predicted molar refractivity (Wildman–Crippen MR) is 76.3 cm³/mol. The third-order valence-electron chi connectivity index (χ3n) is 3.95. The van der Waals surface area contributed by atoms with Gasteiger partial charge in [-0.05, 0) is 32.1 Å². The van der Waals surface area contributed by atoms with Gasteiger partial charge in [0, 0.05) is 25.5 Å². The molecule has 9 heteroatoms. The van der Waals surface area contributed by atoms with E-state index in [1.165, 1.54) is 0 Å². The predicted octanol–water partition coefficient (Wildman–Crippen LogP) is 2.23. The fraction of sp³-hybridized carbons (Fsp3) is 0.786. The molecule has 1 aromatic rings. The van der Waals surface area contributed by atoms with Gasteiger partial charge in [-0.3, -0.25) is 0 Å². The van der Waals surface area contributed by atoms with Crippen molar-refractivity contribution in [3.8, 4) is 0 Å². The molecule has 1 saturated carbocycles. The zero-order valence-electron chi connectivity index (χ0n) is 12.9. The SMILES string of the molecule is CCOC(=O)c1nnc(NC(CCO)C2CCC(F)(F)CC2)o1. The second kappa shape index (κ2) is 7.67. The van der Waals surface area contributed by atoms with Gasteiger partial charge in [-0.15, -0.1) is 0 Å². The highest BCUT2D eigenvalue weighted by molar-refractivity contribution is 5.84. The Hall–Kier alpha value is -1.77. The van der Waals surface area contributed by atoms with E-state index in [1.807, 2.05) is 0 Å². The first-order valence-corrected chi connectivity index (χ1v) is 7.71. The van der Waals surface area contributed by atoms with Crippen LogP contribution in [0, 0.1) is 5.92 Å². The number of carbonyl (C=O) groups excluding carboxylic acids is 1. The Morgan fingerprint density at radius 1 is 1.48 bits per heavy atom. The first-order chi connectivity index (χ1) is 10.9. The molecule has 7 nitrogen and oxygen atoms in total. The number of esters is 1. The summed E-state index contributed by atoms with van der Waals surface area (Å²) in [7, 11) is 0. The number of carbonyl (C=O) groups is 1. The molecule has 0 bridgehead atoms. The van der Waals surface area contributed by atoms with E-state index in [0.717, 1.165) is 0 Å². The number of nitrogens with zero attached hydrogens (tertiary/aromatic N) is 2. The summed E-state index contributed by atoms with van der Waals surface area (Å²) in [4.78, 5) is 11.5. The Labute approximate surface area is 132 Å². The van der Waals surface area contributed by atoms with Crippen LogP contribution in [0.15, 0.2) is 4.42 Å². The van der Waals surface area contributed by atoms with E-state index in [2.05, 4.69) is 15.5 Å². The Morgan fingerprint density at radius 3 is 2.78 bits per heavy atom. The summed E-state index contributed by atoms with van der Waals surface area (Å²) >= 11 is 0. The summed E-state index contributed by atoms with van der Waals surface area (Å²) in [6.07, 6.45) is 0.735. The standard InChI is InChI=1S/C14H21F2N3O4/c1-2-22-12(21)11-18-19-13(23-11)17-10(5-8-20)9-3-6-14(15,16)7-4-9/h9-10,20H,2-8H2,1H3,(H,17,19). The van der Waals surface area contributed by atoms with Gasteiger partial charge in [-0.2, -0.15) is 0 Å². The van der Waals surface area contributed by atoms with E-state index < -0.39 is 11.9 Å². The topological polar surface area (TPSA) is 97.5 Å². The molecule has 2 rings (SSSR count). The van der Waals surface area contributed by atoms with Crippen molar-refractivity contribution in [1.29, 1.82) is 0 Å². The average Bonchev–Trinajstić information content (AvgIpc) is 2.96. The number of ether oxygens (including phenoxy) is 1. The van der Waals surface area contributed by atoms with Crippen molar-refractivity contribution in [2.24, 2.45) is 5.92 Å². The monoisotopic (exact) mass is 333 g/mol. The maximum atomic E-state index is 13.3. The number of rotatable bonds is 7. The van der Waals surface area contributed by atoms with Crippen LogP contribution in [-0.4, -0.2) is 46.5 Å². The molecule has 1 aliphatic carbocycles. The Bertz CT molecular complexity index is 514. The highest BCUT2D eigenvalue weighted by atomic mass is 19.3. The van der Waals surface area contributed by atoms with Crippen LogP contribution in [0.5, 0.6) is 0 Å². The molecular weight excluding hydrogens is 312 g/mol. The molecule has 0 saturated heterocycles. The van der Waals surface area contributed by atoms with E-state index in [-0.39, 0.29) is 49.9 Å². The van der Waals surface area contributed by atoms with E-state index in [9.17, 15) is 18.7 Å². The minimum absolute atomic E-state index is 0.0174. The van der Waals surface area contributed by atoms with Crippen molar-refractivity contribution in [2.75, 3.05) is 18.5 Å². The highest BCUT2D eigenvalue weighted by Gasteiger charge is 2.37. The van der Waals surface area contributed by atoms with Gasteiger partial charge in [0.25, 0.3) is 0 Å². The number of aromatic nitrogens is 2. The fourth-order valence-electron chi connectivity index (χ4n) is 2.75. The lowest BCUT2D eigenvalue weighted by molar-refractivity contribution is -0.0481. The molecule has 1 fully saturated rings. The molecule has 130 valence electrons. The molecular formula is C14H21F2N3O4. The molecule has 1 unspecified atom stereocenters. The average molecular weight is 333 g/mol. The van der Waals surface area contributed by atoms with Gasteiger partial charge in [0.15, 0.2) is 0 Å². The van der Waals surface area contributed by atoms with Crippen LogP contribution in [0.25, 0.3) is 0 Å². The van der Waals surface area contributed by atoms with Gasteiger partial charge >= 0.3 is 17.9 Å². The van der Waals surface area contributed by atoms with Gasteiger partial charge in [0.05, 0.1) is 6.61 Å². The normalized spacial score (nSPS) is 19.3. The molecule has 0 amide bonds. The molecule has 2 N–H and O–H groups in total. The molecule has 23 heavy (non-hydrogen) atoms. The molecule has 1 atom stereocenters. The number of alkyl halides is 2. The largest absolute Gasteiger partial charge is 0.459 e. The second-order valence-corrected chi connectivity index (χ2v) is 5.59. The zero-order chi connectivity index (χ0) is 16.9. The molecule has 1 heterocycles. The summed E-state index contributed by atoms with van der Waals surface area (Å²) < 4.78 is 36.4. The maximum Gasteiger partial charge on any atom is 0.396 e. The van der Waals surface area contributed by atoms with Crippen LogP contribution in [0.2, 0.25) is 0 Å². The third kappa shape index (κ3) is 4.85. The van der Waals surface area contributed by atoms with Crippen LogP contribution in [0.1, 0.15) is 49.7 Å². The van der Waals surface area contributed by atoms with Crippen molar-refractivity contribution < 1.29 is 27.8 Å². The maximum absolute atomic E-state index is 13.3. The first kappa shape index (κ1) is 17.6. The van der Waals surface area contributed by atoms with Crippen molar-refractivity contribution in [3.63, 3.8) is 0 Å². The van der Waals surface area contributed by atoms with Gasteiger partial charge < -0.3 is 19.6 Å². The number of halogens is 2. The van der Waals surface area contributed by atoms with Crippen LogP contribution < -0.4 is 5.32 Å². The summed E-state index contributed by atoms with van der Waals surface area (Å²) in [5.41, 5.74) is 0. The van der Waals surface area contributed by atoms with Crippen LogP contribution in [0.4, 0.5) is 14.8 Å². The van der Waals surface area contributed by atoms with Gasteiger partial charge in [0.1, 0.15) is 0 Å². The molecule has 0 spiro atoms. The van der Waals surface area contributed by atoms with Crippen molar-refractivity contribution in [2.45, 2.75) is 51.0 Å². The van der Waals surface area contributed by atoms with E-state index in [4.69, 9.17) is 9.15 Å². The fourth-order valence-corrected chi connectivity index (χ4v) is 2.75. The number of aliphatic hydroxyl groups is 1. The Kier molecular flexibility index (Phi) is 5.86. The van der Waals surface area contributed by atoms with E-state index >= 15 is 0 Å². The molecule has 0 aliphatic heterocycles. The number of hydrogen-bond donors (Lipinski definition) is 2. The summed E-state index contributed by atoms with van der Waals surface area (Å²) in [6, 6.07) is -0.254. The van der Waals surface area contributed by atoms with Crippen LogP contribution >= 0.6 is 0 Å². The third-order valence-corrected chi connectivity index (χ3v) is 3.95.